The highest BCUT2D eigenvalue weighted by Crippen LogP contribution is 2.30. The normalized spacial score (nSPS) is 20.1. The number of piperidine rings is 1. The molecule has 2 heterocycles. The Bertz CT molecular complexity index is 459. The Morgan fingerprint density at radius 2 is 1.70 bits per heavy atom. The van der Waals surface area contributed by atoms with Crippen molar-refractivity contribution in [3.8, 4) is 0 Å². The summed E-state index contributed by atoms with van der Waals surface area (Å²) in [7, 11) is 0. The first-order valence-corrected chi connectivity index (χ1v) is 8.47. The van der Waals surface area contributed by atoms with E-state index < -0.39 is 0 Å². The second-order valence-corrected chi connectivity index (χ2v) is 6.82. The SMILES string of the molecule is CC(C)c1ncc(CN2CCCCC2)c2c1CCCC2. The van der Waals surface area contributed by atoms with Crippen LogP contribution in [0.5, 0.6) is 0 Å². The number of likely N-dealkylation sites (tertiary alicyclic amines) is 1. The van der Waals surface area contributed by atoms with E-state index in [0.29, 0.717) is 5.92 Å². The highest BCUT2D eigenvalue weighted by molar-refractivity contribution is 5.39. The van der Waals surface area contributed by atoms with Crippen molar-refractivity contribution in [2.45, 2.75) is 71.3 Å². The van der Waals surface area contributed by atoms with Gasteiger partial charge in [-0.1, -0.05) is 20.3 Å². The first kappa shape index (κ1) is 14.1. The van der Waals surface area contributed by atoms with E-state index in [9.17, 15) is 0 Å². The first-order chi connectivity index (χ1) is 9.75. The van der Waals surface area contributed by atoms with E-state index in [4.69, 9.17) is 4.98 Å². The van der Waals surface area contributed by atoms with Gasteiger partial charge in [-0.25, -0.2) is 0 Å². The van der Waals surface area contributed by atoms with E-state index in [-0.39, 0.29) is 0 Å². The molecule has 1 saturated heterocycles. The third-order valence-electron chi connectivity index (χ3n) is 4.91. The Kier molecular flexibility index (Phi) is 4.40. The minimum Gasteiger partial charge on any atom is -0.299 e. The topological polar surface area (TPSA) is 16.1 Å². The maximum absolute atomic E-state index is 4.83. The summed E-state index contributed by atoms with van der Waals surface area (Å²) in [6.07, 6.45) is 11.6. The van der Waals surface area contributed by atoms with Gasteiger partial charge in [0, 0.05) is 18.4 Å². The Balaban J connectivity index is 1.87. The molecule has 0 amide bonds. The zero-order valence-corrected chi connectivity index (χ0v) is 13.1. The molecule has 0 spiro atoms. The van der Waals surface area contributed by atoms with Gasteiger partial charge in [0.2, 0.25) is 0 Å². The minimum absolute atomic E-state index is 0.561. The van der Waals surface area contributed by atoms with Crippen molar-refractivity contribution in [1.29, 1.82) is 0 Å². The van der Waals surface area contributed by atoms with Crippen molar-refractivity contribution in [2.75, 3.05) is 13.1 Å². The molecule has 20 heavy (non-hydrogen) atoms. The maximum atomic E-state index is 4.83. The molecular weight excluding hydrogens is 244 g/mol. The van der Waals surface area contributed by atoms with Gasteiger partial charge in [0.25, 0.3) is 0 Å². The van der Waals surface area contributed by atoms with Gasteiger partial charge >= 0.3 is 0 Å². The van der Waals surface area contributed by atoms with Gasteiger partial charge in [-0.2, -0.15) is 0 Å². The third kappa shape index (κ3) is 2.90. The molecule has 2 aliphatic rings. The van der Waals surface area contributed by atoms with Crippen LogP contribution in [0.4, 0.5) is 0 Å². The molecule has 1 aliphatic carbocycles. The second-order valence-electron chi connectivity index (χ2n) is 6.82. The average molecular weight is 272 g/mol. The largest absolute Gasteiger partial charge is 0.299 e. The Morgan fingerprint density at radius 1 is 1.00 bits per heavy atom. The summed E-state index contributed by atoms with van der Waals surface area (Å²) in [6, 6.07) is 0. The van der Waals surface area contributed by atoms with E-state index in [0.717, 1.165) is 6.54 Å². The number of hydrogen-bond donors (Lipinski definition) is 0. The molecule has 1 aromatic heterocycles. The summed E-state index contributed by atoms with van der Waals surface area (Å²) in [5.74, 6) is 0.561. The summed E-state index contributed by atoms with van der Waals surface area (Å²) >= 11 is 0. The molecule has 1 fully saturated rings. The molecule has 0 unspecified atom stereocenters. The molecule has 1 aliphatic heterocycles. The minimum atomic E-state index is 0.561. The van der Waals surface area contributed by atoms with Crippen LogP contribution in [-0.4, -0.2) is 23.0 Å². The molecule has 0 atom stereocenters. The van der Waals surface area contributed by atoms with Crippen molar-refractivity contribution in [2.24, 2.45) is 0 Å². The molecule has 110 valence electrons. The number of aromatic nitrogens is 1. The lowest BCUT2D eigenvalue weighted by molar-refractivity contribution is 0.220. The molecular formula is C18H28N2. The zero-order valence-electron chi connectivity index (χ0n) is 13.1. The van der Waals surface area contributed by atoms with Gasteiger partial charge < -0.3 is 0 Å². The van der Waals surface area contributed by atoms with Crippen LogP contribution < -0.4 is 0 Å². The fraction of sp³-hybridized carbons (Fsp3) is 0.722. The summed E-state index contributed by atoms with van der Waals surface area (Å²) in [6.45, 7) is 8.25. The standard InChI is InChI=1S/C18H28N2/c1-14(2)18-17-9-5-4-8-16(17)15(12-19-18)13-20-10-6-3-7-11-20/h12,14H,3-11,13H2,1-2H3. The van der Waals surface area contributed by atoms with Crippen molar-refractivity contribution in [3.63, 3.8) is 0 Å². The van der Waals surface area contributed by atoms with Gasteiger partial charge in [-0.05, 0) is 74.2 Å². The van der Waals surface area contributed by atoms with E-state index in [1.165, 1.54) is 69.3 Å². The number of rotatable bonds is 3. The smallest absolute Gasteiger partial charge is 0.0463 e. The molecule has 0 N–H and O–H groups in total. The average Bonchev–Trinajstić information content (AvgIpc) is 2.48. The number of fused-ring (bicyclic) bond motifs is 1. The monoisotopic (exact) mass is 272 g/mol. The highest BCUT2D eigenvalue weighted by atomic mass is 15.1. The van der Waals surface area contributed by atoms with Crippen molar-refractivity contribution in [3.05, 3.63) is 28.6 Å². The molecule has 0 aromatic carbocycles. The summed E-state index contributed by atoms with van der Waals surface area (Å²) < 4.78 is 0. The molecule has 0 saturated carbocycles. The van der Waals surface area contributed by atoms with Crippen LogP contribution in [-0.2, 0) is 19.4 Å². The lowest BCUT2D eigenvalue weighted by Gasteiger charge is -2.29. The molecule has 2 heteroatoms. The van der Waals surface area contributed by atoms with Crippen molar-refractivity contribution in [1.82, 2.24) is 9.88 Å². The molecule has 1 aromatic rings. The van der Waals surface area contributed by atoms with E-state index >= 15 is 0 Å². The van der Waals surface area contributed by atoms with Crippen LogP contribution in [0.1, 0.15) is 74.3 Å². The van der Waals surface area contributed by atoms with E-state index in [1.807, 2.05) is 0 Å². The van der Waals surface area contributed by atoms with E-state index in [1.54, 1.807) is 11.1 Å². The Morgan fingerprint density at radius 3 is 2.40 bits per heavy atom. The lowest BCUT2D eigenvalue weighted by atomic mass is 9.85. The number of hydrogen-bond acceptors (Lipinski definition) is 2. The summed E-state index contributed by atoms with van der Waals surface area (Å²) in [5, 5.41) is 0. The fourth-order valence-corrected chi connectivity index (χ4v) is 3.84. The molecule has 0 bridgehead atoms. The van der Waals surface area contributed by atoms with Crippen molar-refractivity contribution < 1.29 is 0 Å². The lowest BCUT2D eigenvalue weighted by Crippen LogP contribution is -2.30. The summed E-state index contributed by atoms with van der Waals surface area (Å²) in [4.78, 5) is 7.46. The molecule has 2 nitrogen and oxygen atoms in total. The molecule has 3 rings (SSSR count). The first-order valence-electron chi connectivity index (χ1n) is 8.47. The van der Waals surface area contributed by atoms with Crippen LogP contribution in [0.2, 0.25) is 0 Å². The highest BCUT2D eigenvalue weighted by Gasteiger charge is 2.21. The van der Waals surface area contributed by atoms with Gasteiger partial charge in [0.05, 0.1) is 0 Å². The second kappa shape index (κ2) is 6.26. The predicted octanol–water partition coefficient (Wildman–Crippen LogP) is 4.07. The molecule has 0 radical (unpaired) electrons. The van der Waals surface area contributed by atoms with Gasteiger partial charge in [0.1, 0.15) is 0 Å². The van der Waals surface area contributed by atoms with Gasteiger partial charge in [-0.15, -0.1) is 0 Å². The third-order valence-corrected chi connectivity index (χ3v) is 4.91. The van der Waals surface area contributed by atoms with Crippen LogP contribution in [0.25, 0.3) is 0 Å². The van der Waals surface area contributed by atoms with Crippen LogP contribution >= 0.6 is 0 Å². The fourth-order valence-electron chi connectivity index (χ4n) is 3.84. The quantitative estimate of drug-likeness (QED) is 0.824. The number of nitrogens with zero attached hydrogens (tertiary/aromatic N) is 2. The van der Waals surface area contributed by atoms with Crippen LogP contribution in [0.15, 0.2) is 6.20 Å². The van der Waals surface area contributed by atoms with Crippen molar-refractivity contribution >= 4 is 0 Å². The van der Waals surface area contributed by atoms with E-state index in [2.05, 4.69) is 24.9 Å². The van der Waals surface area contributed by atoms with Gasteiger partial charge in [0.15, 0.2) is 0 Å². The van der Waals surface area contributed by atoms with Crippen LogP contribution in [0.3, 0.4) is 0 Å². The Hall–Kier alpha value is -0.890. The van der Waals surface area contributed by atoms with Gasteiger partial charge in [-0.3, -0.25) is 9.88 Å². The maximum Gasteiger partial charge on any atom is 0.0463 e. The predicted molar refractivity (Wildman–Crippen MR) is 84.1 cm³/mol. The zero-order chi connectivity index (χ0) is 13.9. The Labute approximate surface area is 123 Å². The van der Waals surface area contributed by atoms with Crippen LogP contribution in [0, 0.1) is 0 Å². The summed E-state index contributed by atoms with van der Waals surface area (Å²) in [5.41, 5.74) is 6.13. The number of pyridine rings is 1.